The van der Waals surface area contributed by atoms with Gasteiger partial charge in [-0.25, -0.2) is 0 Å². The van der Waals surface area contributed by atoms with Crippen LogP contribution in [0.3, 0.4) is 0 Å². The Morgan fingerprint density at radius 3 is 2.39 bits per heavy atom. The number of piperidine rings is 1. The fourth-order valence-electron chi connectivity index (χ4n) is 5.30. The summed E-state index contributed by atoms with van der Waals surface area (Å²) in [5, 5.41) is 3.09. The summed E-state index contributed by atoms with van der Waals surface area (Å²) in [5.74, 6) is 1.99. The maximum atomic E-state index is 13.4. The van der Waals surface area contributed by atoms with Crippen LogP contribution in [0.25, 0.3) is 0 Å². The molecule has 2 fully saturated rings. The van der Waals surface area contributed by atoms with E-state index in [1.807, 2.05) is 36.1 Å². The van der Waals surface area contributed by atoms with Crippen LogP contribution in [0, 0.1) is 12.8 Å². The molecule has 1 spiro atoms. The van der Waals surface area contributed by atoms with Gasteiger partial charge in [0, 0.05) is 31.9 Å². The van der Waals surface area contributed by atoms with Crippen molar-refractivity contribution in [3.8, 4) is 11.5 Å². The number of carbonyl (C=O) groups excluding carboxylic acids is 2. The highest BCUT2D eigenvalue weighted by molar-refractivity contribution is 6.00. The molecule has 1 N–H and O–H groups in total. The quantitative estimate of drug-likeness (QED) is 0.550. The summed E-state index contributed by atoms with van der Waals surface area (Å²) in [6, 6.07) is 11.6. The van der Waals surface area contributed by atoms with Crippen molar-refractivity contribution < 1.29 is 14.3 Å². The first-order chi connectivity index (χ1) is 17.3. The third-order valence-electron chi connectivity index (χ3n) is 7.38. The molecule has 0 bridgehead atoms. The van der Waals surface area contributed by atoms with Crippen LogP contribution in [-0.2, 0) is 16.1 Å². The molecule has 4 rings (SSSR count). The van der Waals surface area contributed by atoms with Gasteiger partial charge in [-0.15, -0.1) is 0 Å². The Balaban J connectivity index is 1.38. The van der Waals surface area contributed by atoms with Crippen molar-refractivity contribution in [2.45, 2.75) is 77.9 Å². The first-order valence-corrected chi connectivity index (χ1v) is 13.3. The summed E-state index contributed by atoms with van der Waals surface area (Å²) in [5.41, 5.74) is 1.44. The summed E-state index contributed by atoms with van der Waals surface area (Å²) >= 11 is 0. The molecule has 0 aliphatic carbocycles. The van der Waals surface area contributed by atoms with Crippen LogP contribution >= 0.6 is 0 Å². The largest absolute Gasteiger partial charge is 0.456 e. The highest BCUT2D eigenvalue weighted by Gasteiger charge is 2.53. The topological polar surface area (TPSA) is 74.8 Å². The number of hydrogen-bond acceptors (Lipinski definition) is 5. The SMILES string of the molecule is CCCCN1C(=O)C(CC(C)C)NC(=O)C12CCN(Cc1ccc(Oc3ccc(C)nc3)cc1)CC2. The van der Waals surface area contributed by atoms with Crippen LogP contribution in [-0.4, -0.2) is 57.8 Å². The molecule has 2 amide bonds. The van der Waals surface area contributed by atoms with E-state index in [9.17, 15) is 9.59 Å². The van der Waals surface area contributed by atoms with Crippen molar-refractivity contribution >= 4 is 11.8 Å². The molecule has 2 saturated heterocycles. The van der Waals surface area contributed by atoms with Crippen LogP contribution in [0.15, 0.2) is 42.6 Å². The summed E-state index contributed by atoms with van der Waals surface area (Å²) in [6.45, 7) is 11.3. The Morgan fingerprint density at radius 1 is 1.08 bits per heavy atom. The summed E-state index contributed by atoms with van der Waals surface area (Å²) in [4.78, 5) is 35.4. The average molecular weight is 493 g/mol. The van der Waals surface area contributed by atoms with Gasteiger partial charge in [0.1, 0.15) is 23.1 Å². The van der Waals surface area contributed by atoms with Gasteiger partial charge in [-0.05, 0) is 68.4 Å². The number of carbonyl (C=O) groups is 2. The maximum Gasteiger partial charge on any atom is 0.246 e. The number of hydrogen-bond donors (Lipinski definition) is 1. The summed E-state index contributed by atoms with van der Waals surface area (Å²) in [6.07, 6.45) is 5.69. The van der Waals surface area contributed by atoms with Crippen molar-refractivity contribution in [2.24, 2.45) is 5.92 Å². The van der Waals surface area contributed by atoms with E-state index < -0.39 is 11.6 Å². The smallest absolute Gasteiger partial charge is 0.246 e. The number of amides is 2. The van der Waals surface area contributed by atoms with E-state index in [-0.39, 0.29) is 11.8 Å². The Labute approximate surface area is 215 Å². The zero-order valence-electron chi connectivity index (χ0n) is 22.1. The Morgan fingerprint density at radius 2 is 1.78 bits per heavy atom. The van der Waals surface area contributed by atoms with Crippen molar-refractivity contribution in [3.63, 3.8) is 0 Å². The third kappa shape index (κ3) is 5.89. The van der Waals surface area contributed by atoms with Crippen LogP contribution in [0.4, 0.5) is 0 Å². The second kappa shape index (κ2) is 11.4. The van der Waals surface area contributed by atoms with E-state index in [0.29, 0.717) is 31.7 Å². The highest BCUT2D eigenvalue weighted by Crippen LogP contribution is 2.35. The van der Waals surface area contributed by atoms with E-state index in [4.69, 9.17) is 4.74 Å². The molecule has 2 aliphatic rings. The lowest BCUT2D eigenvalue weighted by molar-refractivity contribution is -0.161. The van der Waals surface area contributed by atoms with Gasteiger partial charge in [-0.1, -0.05) is 39.3 Å². The highest BCUT2D eigenvalue weighted by atomic mass is 16.5. The zero-order valence-corrected chi connectivity index (χ0v) is 22.1. The number of ether oxygens (including phenoxy) is 1. The van der Waals surface area contributed by atoms with Gasteiger partial charge < -0.3 is 15.0 Å². The lowest BCUT2D eigenvalue weighted by atomic mass is 9.80. The minimum absolute atomic E-state index is 0.0376. The molecule has 2 aromatic rings. The molecule has 1 unspecified atom stereocenters. The van der Waals surface area contributed by atoms with Crippen LogP contribution in [0.2, 0.25) is 0 Å². The number of rotatable bonds is 9. The first-order valence-electron chi connectivity index (χ1n) is 13.3. The zero-order chi connectivity index (χ0) is 25.7. The van der Waals surface area contributed by atoms with Gasteiger partial charge in [0.05, 0.1) is 6.20 Å². The summed E-state index contributed by atoms with van der Waals surface area (Å²) < 4.78 is 5.89. The Kier molecular flexibility index (Phi) is 8.29. The number of aryl methyl sites for hydroxylation is 1. The molecule has 1 aromatic heterocycles. The molecule has 36 heavy (non-hydrogen) atoms. The van der Waals surface area contributed by atoms with E-state index in [1.165, 1.54) is 5.56 Å². The van der Waals surface area contributed by atoms with Crippen LogP contribution in [0.5, 0.6) is 11.5 Å². The fraction of sp³-hybridized carbons (Fsp3) is 0.552. The van der Waals surface area contributed by atoms with E-state index in [2.05, 4.69) is 48.1 Å². The van der Waals surface area contributed by atoms with E-state index in [1.54, 1.807) is 6.20 Å². The van der Waals surface area contributed by atoms with Gasteiger partial charge in [-0.3, -0.25) is 19.5 Å². The Bertz CT molecular complexity index is 1030. The lowest BCUT2D eigenvalue weighted by Crippen LogP contribution is -2.73. The number of likely N-dealkylation sites (tertiary alicyclic amines) is 1. The number of pyridine rings is 1. The molecule has 0 saturated carbocycles. The van der Waals surface area contributed by atoms with Gasteiger partial charge in [-0.2, -0.15) is 0 Å². The molecule has 7 nitrogen and oxygen atoms in total. The molecule has 0 radical (unpaired) electrons. The van der Waals surface area contributed by atoms with Crippen molar-refractivity contribution in [2.75, 3.05) is 19.6 Å². The van der Waals surface area contributed by atoms with Crippen molar-refractivity contribution in [1.82, 2.24) is 20.1 Å². The van der Waals surface area contributed by atoms with Crippen LogP contribution < -0.4 is 10.1 Å². The average Bonchev–Trinajstić information content (AvgIpc) is 2.86. The Hall–Kier alpha value is -2.93. The monoisotopic (exact) mass is 492 g/mol. The van der Waals surface area contributed by atoms with Gasteiger partial charge in [0.2, 0.25) is 11.8 Å². The first kappa shape index (κ1) is 26.1. The molecule has 1 aromatic carbocycles. The molecule has 2 aliphatic heterocycles. The number of piperazine rings is 1. The van der Waals surface area contributed by atoms with Crippen molar-refractivity contribution in [3.05, 3.63) is 53.9 Å². The van der Waals surface area contributed by atoms with Crippen molar-refractivity contribution in [1.29, 1.82) is 0 Å². The lowest BCUT2D eigenvalue weighted by Gasteiger charge is -2.52. The van der Waals surface area contributed by atoms with E-state index in [0.717, 1.165) is 49.7 Å². The third-order valence-corrected chi connectivity index (χ3v) is 7.38. The predicted octanol–water partition coefficient (Wildman–Crippen LogP) is 4.69. The minimum atomic E-state index is -0.712. The maximum absolute atomic E-state index is 13.4. The fourth-order valence-corrected chi connectivity index (χ4v) is 5.30. The number of nitrogens with one attached hydrogen (secondary N) is 1. The molecular weight excluding hydrogens is 452 g/mol. The second-order valence-electron chi connectivity index (χ2n) is 10.7. The predicted molar refractivity (Wildman–Crippen MR) is 141 cm³/mol. The second-order valence-corrected chi connectivity index (χ2v) is 10.7. The standard InChI is InChI=1S/C29H40N4O3/c1-5-6-15-33-27(34)26(18-21(2)3)31-28(35)29(33)13-16-32(17-14-29)20-23-8-11-24(12-9-23)36-25-10-7-22(4)30-19-25/h7-12,19,21,26H,5-6,13-18,20H2,1-4H3,(H,31,35). The number of unbranched alkanes of at least 4 members (excludes halogenated alkanes) is 1. The minimum Gasteiger partial charge on any atom is -0.456 e. The molecular formula is C29H40N4O3. The molecule has 1 atom stereocenters. The number of aromatic nitrogens is 1. The molecule has 3 heterocycles. The number of nitrogens with zero attached hydrogens (tertiary/aromatic N) is 3. The normalized spacial score (nSPS) is 20.1. The molecule has 194 valence electrons. The van der Waals surface area contributed by atoms with Gasteiger partial charge in [0.15, 0.2) is 0 Å². The molecule has 7 heteroatoms. The number of benzene rings is 1. The van der Waals surface area contributed by atoms with Crippen LogP contribution in [0.1, 0.15) is 64.1 Å². The van der Waals surface area contributed by atoms with Gasteiger partial charge in [0.25, 0.3) is 0 Å². The van der Waals surface area contributed by atoms with E-state index >= 15 is 0 Å². The van der Waals surface area contributed by atoms with Gasteiger partial charge >= 0.3 is 0 Å². The summed E-state index contributed by atoms with van der Waals surface area (Å²) in [7, 11) is 0.